The fourth-order valence-electron chi connectivity index (χ4n) is 1.27. The molecule has 5 heteroatoms. The lowest BCUT2D eigenvalue weighted by Gasteiger charge is -2.30. The molecule has 0 aromatic carbocycles. The van der Waals surface area contributed by atoms with Crippen LogP contribution in [-0.2, 0) is 9.53 Å². The van der Waals surface area contributed by atoms with E-state index in [0.29, 0.717) is 13.2 Å². The zero-order valence-electron chi connectivity index (χ0n) is 7.83. The van der Waals surface area contributed by atoms with Gasteiger partial charge in [-0.3, -0.25) is 9.69 Å². The minimum atomic E-state index is -0.107. The minimum absolute atomic E-state index is 0.107. The Labute approximate surface area is 92.7 Å². The Morgan fingerprint density at radius 3 is 2.54 bits per heavy atom. The highest BCUT2D eigenvalue weighted by Gasteiger charge is 2.17. The highest BCUT2D eigenvalue weighted by Crippen LogP contribution is 2.05. The number of rotatable bonds is 3. The van der Waals surface area contributed by atoms with Gasteiger partial charge in [0.1, 0.15) is 0 Å². The van der Waals surface area contributed by atoms with Crippen LogP contribution < -0.4 is 0 Å². The molecule has 1 aliphatic rings. The van der Waals surface area contributed by atoms with Gasteiger partial charge in [0.25, 0.3) is 0 Å². The van der Waals surface area contributed by atoms with Crippen LogP contribution in [0.2, 0.25) is 0 Å². The Morgan fingerprint density at radius 2 is 2.00 bits per heavy atom. The van der Waals surface area contributed by atoms with Crippen molar-refractivity contribution in [3.05, 3.63) is 0 Å². The van der Waals surface area contributed by atoms with Gasteiger partial charge < -0.3 is 4.74 Å². The van der Waals surface area contributed by atoms with Crippen LogP contribution in [0, 0.1) is 0 Å². The molecule has 1 heterocycles. The van der Waals surface area contributed by atoms with Crippen LogP contribution in [0.15, 0.2) is 0 Å². The van der Waals surface area contributed by atoms with Crippen molar-refractivity contribution in [3.8, 4) is 0 Å². The Morgan fingerprint density at radius 1 is 1.38 bits per heavy atom. The molecule has 0 unspecified atom stereocenters. The molecule has 0 radical (unpaired) electrons. The van der Waals surface area contributed by atoms with Crippen LogP contribution in [0.5, 0.6) is 0 Å². The third-order valence-electron chi connectivity index (χ3n) is 1.98. The van der Waals surface area contributed by atoms with Crippen molar-refractivity contribution in [2.75, 3.05) is 39.3 Å². The molecule has 76 valence electrons. The van der Waals surface area contributed by atoms with Crippen molar-refractivity contribution in [1.29, 1.82) is 0 Å². The lowest BCUT2D eigenvalue weighted by atomic mass is 10.3. The zero-order valence-corrected chi connectivity index (χ0v) is 9.99. The van der Waals surface area contributed by atoms with E-state index in [0.717, 1.165) is 26.2 Å². The van der Waals surface area contributed by atoms with Gasteiger partial charge >= 0.3 is 5.97 Å². The molecule has 13 heavy (non-hydrogen) atoms. The number of nitrogens with zero attached hydrogens (tertiary/aromatic N) is 2. The lowest BCUT2D eigenvalue weighted by molar-refractivity contribution is -0.144. The first kappa shape index (κ1) is 11.2. The third kappa shape index (κ3) is 4.24. The fourth-order valence-corrected chi connectivity index (χ4v) is 1.70. The summed E-state index contributed by atoms with van der Waals surface area (Å²) in [5.41, 5.74) is 0. The molecule has 1 fully saturated rings. The second-order valence-corrected chi connectivity index (χ2v) is 4.36. The van der Waals surface area contributed by atoms with E-state index in [9.17, 15) is 4.79 Å². The maximum Gasteiger partial charge on any atom is 0.320 e. The molecule has 1 rings (SSSR count). The number of esters is 1. The molecule has 0 atom stereocenters. The van der Waals surface area contributed by atoms with Gasteiger partial charge in [-0.2, -0.15) is 0 Å². The zero-order chi connectivity index (χ0) is 9.68. The molecule has 0 N–H and O–H groups in total. The van der Waals surface area contributed by atoms with Crippen LogP contribution in [-0.4, -0.2) is 53.3 Å². The highest BCUT2D eigenvalue weighted by atomic mass is 127. The second kappa shape index (κ2) is 5.77. The summed E-state index contributed by atoms with van der Waals surface area (Å²) >= 11 is 2.31. The first-order valence-corrected chi connectivity index (χ1v) is 5.47. The van der Waals surface area contributed by atoms with Crippen molar-refractivity contribution in [2.24, 2.45) is 0 Å². The molecule has 4 nitrogen and oxygen atoms in total. The average Bonchev–Trinajstić information content (AvgIpc) is 2.09. The monoisotopic (exact) mass is 298 g/mol. The molecule has 0 bridgehead atoms. The number of hydrogen-bond donors (Lipinski definition) is 0. The lowest BCUT2D eigenvalue weighted by Crippen LogP contribution is -2.44. The van der Waals surface area contributed by atoms with Crippen molar-refractivity contribution >= 4 is 28.8 Å². The van der Waals surface area contributed by atoms with Crippen molar-refractivity contribution in [1.82, 2.24) is 8.01 Å². The maximum atomic E-state index is 11.1. The second-order valence-electron chi connectivity index (χ2n) is 2.99. The summed E-state index contributed by atoms with van der Waals surface area (Å²) in [6, 6.07) is 0. The van der Waals surface area contributed by atoms with Gasteiger partial charge in [0.05, 0.1) is 13.2 Å². The summed E-state index contributed by atoms with van der Waals surface area (Å²) in [5.74, 6) is -0.107. The first-order valence-electron chi connectivity index (χ1n) is 4.51. The molecular formula is C8H15IN2O2. The first-order chi connectivity index (χ1) is 6.22. The number of carbonyl (C=O) groups excluding carboxylic acids is 1. The van der Waals surface area contributed by atoms with Gasteiger partial charge in [-0.25, -0.2) is 3.11 Å². The highest BCUT2D eigenvalue weighted by molar-refractivity contribution is 14.1. The number of piperazine rings is 1. The molecule has 0 amide bonds. The van der Waals surface area contributed by atoms with E-state index in [2.05, 4.69) is 30.9 Å². The summed E-state index contributed by atoms with van der Waals surface area (Å²) < 4.78 is 7.11. The van der Waals surface area contributed by atoms with Gasteiger partial charge in [0.2, 0.25) is 0 Å². The van der Waals surface area contributed by atoms with Gasteiger partial charge in [0.15, 0.2) is 0 Å². The van der Waals surface area contributed by atoms with E-state index in [1.54, 1.807) is 0 Å². The number of carbonyl (C=O) groups is 1. The Kier molecular flexibility index (Phi) is 4.97. The Balaban J connectivity index is 2.18. The SMILES string of the molecule is CCOC(=O)CN1CCN(I)CC1. The van der Waals surface area contributed by atoms with E-state index in [1.807, 2.05) is 6.92 Å². The van der Waals surface area contributed by atoms with Crippen molar-refractivity contribution in [2.45, 2.75) is 6.92 Å². The van der Waals surface area contributed by atoms with Crippen LogP contribution in [0.3, 0.4) is 0 Å². The summed E-state index contributed by atoms with van der Waals surface area (Å²) in [6.07, 6.45) is 0. The predicted octanol–water partition coefficient (Wildman–Crippen LogP) is 0.517. The number of hydrogen-bond acceptors (Lipinski definition) is 4. The Bertz CT molecular complexity index is 170. The predicted molar refractivity (Wildman–Crippen MR) is 58.7 cm³/mol. The van der Waals surface area contributed by atoms with Gasteiger partial charge in [-0.1, -0.05) is 0 Å². The molecule has 0 spiro atoms. The molecule has 1 aliphatic heterocycles. The average molecular weight is 298 g/mol. The van der Waals surface area contributed by atoms with E-state index >= 15 is 0 Å². The standard InChI is InChI=1S/C8H15IN2O2/c1-2-13-8(12)7-10-3-5-11(9)6-4-10/h2-7H2,1H3. The number of halogens is 1. The van der Waals surface area contributed by atoms with E-state index in [-0.39, 0.29) is 5.97 Å². The van der Waals surface area contributed by atoms with E-state index in [4.69, 9.17) is 4.74 Å². The van der Waals surface area contributed by atoms with Crippen LogP contribution in [0.4, 0.5) is 0 Å². The third-order valence-corrected chi connectivity index (χ3v) is 2.94. The summed E-state index contributed by atoms with van der Waals surface area (Å²) in [4.78, 5) is 13.2. The smallest absolute Gasteiger partial charge is 0.320 e. The molecule has 0 aromatic heterocycles. The topological polar surface area (TPSA) is 32.8 Å². The Hall–Kier alpha value is 0.120. The normalized spacial score (nSPS) is 20.2. The maximum absolute atomic E-state index is 11.1. The molecule has 1 saturated heterocycles. The van der Waals surface area contributed by atoms with Gasteiger partial charge in [-0.05, 0) is 6.92 Å². The van der Waals surface area contributed by atoms with E-state index < -0.39 is 0 Å². The van der Waals surface area contributed by atoms with Crippen LogP contribution in [0.25, 0.3) is 0 Å². The van der Waals surface area contributed by atoms with Crippen molar-refractivity contribution in [3.63, 3.8) is 0 Å². The summed E-state index contributed by atoms with van der Waals surface area (Å²) in [5, 5.41) is 0. The van der Waals surface area contributed by atoms with Crippen LogP contribution >= 0.6 is 22.9 Å². The van der Waals surface area contributed by atoms with Crippen LogP contribution in [0.1, 0.15) is 6.92 Å². The quantitative estimate of drug-likeness (QED) is 0.432. The molecule has 0 saturated carbocycles. The molecule has 0 aliphatic carbocycles. The van der Waals surface area contributed by atoms with E-state index in [1.165, 1.54) is 0 Å². The fraction of sp³-hybridized carbons (Fsp3) is 0.875. The number of ether oxygens (including phenoxy) is 1. The summed E-state index contributed by atoms with van der Waals surface area (Å²) in [7, 11) is 0. The van der Waals surface area contributed by atoms with Crippen molar-refractivity contribution < 1.29 is 9.53 Å². The van der Waals surface area contributed by atoms with Gasteiger partial charge in [-0.15, -0.1) is 0 Å². The minimum Gasteiger partial charge on any atom is -0.465 e. The summed E-state index contributed by atoms with van der Waals surface area (Å²) in [6.45, 7) is 6.73. The molecule has 0 aromatic rings. The molecular weight excluding hydrogens is 283 g/mol. The largest absolute Gasteiger partial charge is 0.465 e. The van der Waals surface area contributed by atoms with Gasteiger partial charge in [0, 0.05) is 49.0 Å².